The first-order valence-corrected chi connectivity index (χ1v) is 16.2. The number of fused-ring (bicyclic) bond motifs is 1. The van der Waals surface area contributed by atoms with Crippen LogP contribution in [-0.4, -0.2) is 75.9 Å². The maximum atomic E-state index is 14.5. The summed E-state index contributed by atoms with van der Waals surface area (Å²) in [6.07, 6.45) is 0.590. The number of esters is 2. The maximum absolute atomic E-state index is 14.5. The van der Waals surface area contributed by atoms with Crippen LogP contribution in [-0.2, 0) is 40.4 Å². The van der Waals surface area contributed by atoms with Crippen molar-refractivity contribution in [2.24, 2.45) is 7.05 Å². The van der Waals surface area contributed by atoms with E-state index < -0.39 is 52.3 Å². The fourth-order valence-electron chi connectivity index (χ4n) is 5.60. The van der Waals surface area contributed by atoms with E-state index in [1.807, 2.05) is 67.6 Å². The molecule has 49 heavy (non-hydrogen) atoms. The Morgan fingerprint density at radius 3 is 2.16 bits per heavy atom. The Labute approximate surface area is 305 Å². The maximum Gasteiger partial charge on any atom is 0.408 e. The van der Waals surface area contributed by atoms with Crippen LogP contribution in [0.4, 0.5) is 10.6 Å². The van der Waals surface area contributed by atoms with Gasteiger partial charge in [-0.2, -0.15) is 14.3 Å². The number of hydrogen-bond acceptors (Lipinski definition) is 9. The molecule has 2 aliphatic heterocycles. The van der Waals surface area contributed by atoms with Gasteiger partial charge in [0.1, 0.15) is 29.8 Å². The summed E-state index contributed by atoms with van der Waals surface area (Å²) in [4.78, 5) is 67.5. The van der Waals surface area contributed by atoms with Gasteiger partial charge in [0.15, 0.2) is 18.3 Å². The van der Waals surface area contributed by atoms with Crippen molar-refractivity contribution >= 4 is 53.6 Å². The molecule has 1 fully saturated rings. The molecule has 1 saturated heterocycles. The van der Waals surface area contributed by atoms with Gasteiger partial charge < -0.3 is 43.5 Å². The van der Waals surface area contributed by atoms with Crippen molar-refractivity contribution in [1.82, 2.24) is 14.9 Å². The minimum absolute atomic E-state index is 0. The number of carbonyl (C=O) groups excluding carboxylic acids is 5. The predicted octanol–water partition coefficient (Wildman–Crippen LogP) is 0.151. The van der Waals surface area contributed by atoms with Gasteiger partial charge in [0.25, 0.3) is 12.3 Å². The van der Waals surface area contributed by atoms with Crippen molar-refractivity contribution in [1.29, 1.82) is 0 Å². The quantitative estimate of drug-likeness (QED) is 0.0759. The molecular formula is C34H38IN5O8S. The van der Waals surface area contributed by atoms with Crippen LogP contribution in [0.5, 0.6) is 0 Å². The highest BCUT2D eigenvalue weighted by molar-refractivity contribution is 8.01. The van der Waals surface area contributed by atoms with Gasteiger partial charge in [0.2, 0.25) is 0 Å². The Bertz CT molecular complexity index is 1700. The zero-order valence-electron chi connectivity index (χ0n) is 27.9. The van der Waals surface area contributed by atoms with E-state index in [9.17, 15) is 24.0 Å². The number of ether oxygens (including phenoxy) is 3. The van der Waals surface area contributed by atoms with Crippen LogP contribution in [0.3, 0.4) is 0 Å². The minimum atomic E-state index is -0.949. The zero-order chi connectivity index (χ0) is 34.7. The highest BCUT2D eigenvalue weighted by atomic mass is 127. The van der Waals surface area contributed by atoms with Gasteiger partial charge in [-0.1, -0.05) is 60.7 Å². The Morgan fingerprint density at radius 2 is 1.63 bits per heavy atom. The number of halogens is 1. The first kappa shape index (κ1) is 37.4. The van der Waals surface area contributed by atoms with Gasteiger partial charge in [0.05, 0.1) is 24.6 Å². The van der Waals surface area contributed by atoms with E-state index in [4.69, 9.17) is 14.2 Å². The van der Waals surface area contributed by atoms with Crippen LogP contribution < -0.4 is 38.9 Å². The zero-order valence-corrected chi connectivity index (χ0v) is 30.8. The molecule has 3 amide bonds. The number of nitrogens with one attached hydrogen (secondary N) is 1. The van der Waals surface area contributed by atoms with Crippen molar-refractivity contribution in [3.8, 4) is 0 Å². The third kappa shape index (κ3) is 7.93. The average molecular weight is 804 g/mol. The lowest BCUT2D eigenvalue weighted by Crippen LogP contribution is -3.00. The fraction of sp³-hybridized carbons (Fsp3) is 0.353. The molecule has 1 N–H and O–H groups in total. The van der Waals surface area contributed by atoms with Crippen LogP contribution in [0.15, 0.2) is 78.6 Å². The van der Waals surface area contributed by atoms with Gasteiger partial charge >= 0.3 is 23.8 Å². The van der Waals surface area contributed by atoms with E-state index in [0.29, 0.717) is 17.9 Å². The number of carbonyl (C=O) groups is 5. The summed E-state index contributed by atoms with van der Waals surface area (Å²) >= 11 is 1.37. The Morgan fingerprint density at radius 1 is 1.04 bits per heavy atom. The second-order valence-electron chi connectivity index (χ2n) is 12.2. The Balaban J connectivity index is 0.00000541. The number of aromatic nitrogens is 2. The lowest BCUT2D eigenvalue weighted by atomic mass is 10.0. The molecule has 0 spiro atoms. The van der Waals surface area contributed by atoms with E-state index in [1.165, 1.54) is 28.7 Å². The van der Waals surface area contributed by atoms with Crippen molar-refractivity contribution in [3.05, 3.63) is 89.8 Å². The molecule has 1 aromatic heterocycles. The molecule has 2 unspecified atom stereocenters. The molecule has 0 aliphatic carbocycles. The normalized spacial score (nSPS) is 18.5. The number of anilines is 1. The van der Waals surface area contributed by atoms with E-state index >= 15 is 0 Å². The number of nitrogens with zero attached hydrogens (tertiary/aromatic N) is 4. The number of alkyl carbamates (subject to hydrolysis) is 1. The number of hydrogen-bond donors (Lipinski definition) is 1. The fourth-order valence-corrected chi connectivity index (χ4v) is 7.04. The average Bonchev–Trinajstić information content (AvgIpc) is 3.44. The standard InChI is InChI=1S/C34H37N5O8S.HI/c1-21-27(38-18-17-24(36(38)5)37(20-40)19-25(41)45-6)28(39-30(42)26(31(39)48-21)35-33(44)47-34(2,3)4)32(43)46-29(22-13-9-7-10-14-22)23-15-11-8-12-16-23;/h7-18,20-21,26,29,31H,19H2,1-6H3;1H/t21?,26?,31-;/m1./s1. The van der Waals surface area contributed by atoms with E-state index in [-0.39, 0.29) is 36.2 Å². The molecule has 0 radical (unpaired) electrons. The van der Waals surface area contributed by atoms with Gasteiger partial charge in [-0.05, 0) is 38.8 Å². The summed E-state index contributed by atoms with van der Waals surface area (Å²) in [7, 11) is 2.88. The Kier molecular flexibility index (Phi) is 11.8. The molecule has 260 valence electrons. The monoisotopic (exact) mass is 803 g/mol. The van der Waals surface area contributed by atoms with Crippen LogP contribution >= 0.6 is 11.8 Å². The van der Waals surface area contributed by atoms with Gasteiger partial charge in [-0.15, -0.1) is 11.8 Å². The third-order valence-electron chi connectivity index (χ3n) is 7.77. The minimum Gasteiger partial charge on any atom is -1.00 e. The second-order valence-corrected chi connectivity index (χ2v) is 13.7. The van der Waals surface area contributed by atoms with Crippen LogP contribution in [0.2, 0.25) is 0 Å². The predicted molar refractivity (Wildman–Crippen MR) is 176 cm³/mol. The molecule has 2 aromatic carbocycles. The SMILES string of the molecule is COC(=O)CN(C=O)c1ccn(C2=C(C(=O)OC(c3ccccc3)c3ccccc3)N3C(=O)C(NC(=O)OC(C)(C)C)[C@H]3SC2C)[n+]1C.[I-]. The number of amides is 3. The lowest BCUT2D eigenvalue weighted by molar-refractivity contribution is -0.731. The molecule has 5 rings (SSSR count). The largest absolute Gasteiger partial charge is 1.00 e. The number of methoxy groups -OCH3 is 1. The number of benzene rings is 2. The van der Waals surface area contributed by atoms with E-state index in [0.717, 1.165) is 11.1 Å². The Hall–Kier alpha value is -4.38. The van der Waals surface area contributed by atoms with Gasteiger partial charge in [-0.3, -0.25) is 14.5 Å². The molecule has 0 saturated carbocycles. The number of β-lactam (4-membered cyclic amide) rings is 1. The van der Waals surface area contributed by atoms with Crippen molar-refractivity contribution < 1.29 is 66.8 Å². The summed E-state index contributed by atoms with van der Waals surface area (Å²) in [5.41, 5.74) is 1.07. The first-order valence-electron chi connectivity index (χ1n) is 15.2. The summed E-state index contributed by atoms with van der Waals surface area (Å²) in [5.74, 6) is -1.56. The summed E-state index contributed by atoms with van der Waals surface area (Å²) in [6.45, 7) is 6.70. The molecule has 3 aromatic rings. The van der Waals surface area contributed by atoms with Crippen LogP contribution in [0.1, 0.15) is 44.9 Å². The summed E-state index contributed by atoms with van der Waals surface area (Å²) in [5, 5.41) is 1.60. The molecular weight excluding hydrogens is 765 g/mol. The molecule has 3 atom stereocenters. The smallest absolute Gasteiger partial charge is 0.408 e. The van der Waals surface area contributed by atoms with Crippen molar-refractivity contribution in [2.75, 3.05) is 18.6 Å². The summed E-state index contributed by atoms with van der Waals surface area (Å²) in [6, 6.07) is 19.2. The van der Waals surface area contributed by atoms with Crippen LogP contribution in [0, 0.1) is 0 Å². The number of rotatable bonds is 10. The van der Waals surface area contributed by atoms with Crippen molar-refractivity contribution in [2.45, 2.75) is 56.1 Å². The summed E-state index contributed by atoms with van der Waals surface area (Å²) < 4.78 is 19.6. The first-order chi connectivity index (χ1) is 22.8. The van der Waals surface area contributed by atoms with Crippen LogP contribution in [0.25, 0.3) is 5.70 Å². The molecule has 3 heterocycles. The van der Waals surface area contributed by atoms with E-state index in [1.54, 1.807) is 49.4 Å². The highest BCUT2D eigenvalue weighted by Gasteiger charge is 2.57. The third-order valence-corrected chi connectivity index (χ3v) is 9.16. The molecule has 13 nitrogen and oxygen atoms in total. The highest BCUT2D eigenvalue weighted by Crippen LogP contribution is 2.46. The molecule has 2 aliphatic rings. The van der Waals surface area contributed by atoms with Crippen molar-refractivity contribution in [3.63, 3.8) is 0 Å². The molecule has 0 bridgehead atoms. The van der Waals surface area contributed by atoms with Gasteiger partial charge in [-0.25, -0.2) is 14.4 Å². The molecule has 15 heteroatoms. The lowest BCUT2D eigenvalue weighted by Gasteiger charge is -2.51. The van der Waals surface area contributed by atoms with E-state index in [2.05, 4.69) is 5.32 Å². The topological polar surface area (TPSA) is 140 Å². The number of thioether (sulfide) groups is 1. The van der Waals surface area contributed by atoms with Gasteiger partial charge in [0, 0.05) is 0 Å². The second kappa shape index (κ2) is 15.4.